The van der Waals surface area contributed by atoms with Crippen LogP contribution in [-0.2, 0) is 4.79 Å². The van der Waals surface area contributed by atoms with E-state index in [2.05, 4.69) is 6.58 Å². The van der Waals surface area contributed by atoms with E-state index in [9.17, 15) is 9.18 Å². The van der Waals surface area contributed by atoms with Crippen LogP contribution in [0.5, 0.6) is 5.75 Å². The van der Waals surface area contributed by atoms with Crippen LogP contribution in [0.3, 0.4) is 0 Å². The summed E-state index contributed by atoms with van der Waals surface area (Å²) in [5.74, 6) is 0.232. The van der Waals surface area contributed by atoms with Crippen LogP contribution in [0.15, 0.2) is 36.9 Å². The summed E-state index contributed by atoms with van der Waals surface area (Å²) in [7, 11) is 0. The second-order valence-electron chi connectivity index (χ2n) is 5.54. The largest absolute Gasteiger partial charge is 0.481 e. The molecule has 1 saturated heterocycles. The maximum absolute atomic E-state index is 12.9. The Kier molecular flexibility index (Phi) is 5.95. The summed E-state index contributed by atoms with van der Waals surface area (Å²) in [6, 6.07) is 5.78. The fourth-order valence-electron chi connectivity index (χ4n) is 2.64. The predicted molar refractivity (Wildman–Crippen MR) is 83.4 cm³/mol. The molecule has 1 amide bonds. The number of carbonyl (C=O) groups is 1. The summed E-state index contributed by atoms with van der Waals surface area (Å²) >= 11 is 0. The van der Waals surface area contributed by atoms with E-state index < -0.39 is 6.10 Å². The molecule has 22 heavy (non-hydrogen) atoms. The molecule has 0 saturated carbocycles. The maximum Gasteiger partial charge on any atom is 0.264 e. The van der Waals surface area contributed by atoms with Crippen molar-refractivity contribution < 1.29 is 18.8 Å². The van der Waals surface area contributed by atoms with Gasteiger partial charge in [-0.15, -0.1) is 0 Å². The van der Waals surface area contributed by atoms with Crippen molar-refractivity contribution in [2.24, 2.45) is 0 Å². The molecule has 1 N–H and O–H groups in total. The fraction of sp³-hybridized carbons (Fsp3) is 0.471. The molecule has 1 aromatic rings. The lowest BCUT2D eigenvalue weighted by Crippen LogP contribution is -3.14. The number of ether oxygens (including phenoxy) is 1. The van der Waals surface area contributed by atoms with Crippen LogP contribution >= 0.6 is 0 Å². The number of benzene rings is 1. The molecule has 1 atom stereocenters. The standard InChI is InChI=1S/C17H23FN2O2/c1-3-9-19-10-12-20(13-11-19)17(21)16(4-2)22-15-7-5-14(18)6-8-15/h3,5-8,16H,1,4,9-13H2,2H3/p+1/t16-/m1/s1. The van der Waals surface area contributed by atoms with Gasteiger partial charge in [0.2, 0.25) is 0 Å². The zero-order chi connectivity index (χ0) is 15.9. The molecule has 0 unspecified atom stereocenters. The second kappa shape index (κ2) is 7.94. The lowest BCUT2D eigenvalue weighted by Gasteiger charge is -2.33. The molecule has 0 bridgehead atoms. The molecule has 2 rings (SSSR count). The normalized spacial score (nSPS) is 17.1. The molecule has 4 nitrogen and oxygen atoms in total. The topological polar surface area (TPSA) is 34.0 Å². The lowest BCUT2D eigenvalue weighted by atomic mass is 10.2. The third kappa shape index (κ3) is 4.31. The van der Waals surface area contributed by atoms with Gasteiger partial charge in [-0.1, -0.05) is 13.5 Å². The van der Waals surface area contributed by atoms with Crippen molar-refractivity contribution in [3.8, 4) is 5.75 Å². The van der Waals surface area contributed by atoms with E-state index >= 15 is 0 Å². The average Bonchev–Trinajstić information content (AvgIpc) is 2.55. The van der Waals surface area contributed by atoms with E-state index in [1.807, 2.05) is 17.9 Å². The number of quaternary nitrogens is 1. The highest BCUT2D eigenvalue weighted by atomic mass is 19.1. The number of rotatable bonds is 6. The third-order valence-electron chi connectivity index (χ3n) is 3.95. The maximum atomic E-state index is 12.9. The number of piperazine rings is 1. The highest BCUT2D eigenvalue weighted by Gasteiger charge is 2.29. The molecule has 5 heteroatoms. The van der Waals surface area contributed by atoms with Gasteiger partial charge in [-0.2, -0.15) is 0 Å². The molecule has 0 spiro atoms. The average molecular weight is 307 g/mol. The molecule has 1 aromatic carbocycles. The molecule has 0 radical (unpaired) electrons. The van der Waals surface area contributed by atoms with Crippen LogP contribution in [0.25, 0.3) is 0 Å². The van der Waals surface area contributed by atoms with Gasteiger partial charge in [0.15, 0.2) is 6.10 Å². The molecule has 1 aliphatic heterocycles. The molecule has 1 aliphatic rings. The molecular formula is C17H24FN2O2+. The SMILES string of the molecule is C=CC[NH+]1CCN(C(=O)[C@@H](CC)Oc2ccc(F)cc2)CC1. The van der Waals surface area contributed by atoms with Crippen LogP contribution in [0.4, 0.5) is 4.39 Å². The number of nitrogens with one attached hydrogen (secondary N) is 1. The minimum atomic E-state index is -0.508. The monoisotopic (exact) mass is 307 g/mol. The number of amides is 1. The van der Waals surface area contributed by atoms with Crippen molar-refractivity contribution >= 4 is 5.91 Å². The van der Waals surface area contributed by atoms with Gasteiger partial charge in [-0.05, 0) is 36.8 Å². The second-order valence-corrected chi connectivity index (χ2v) is 5.54. The minimum absolute atomic E-state index is 0.0180. The van der Waals surface area contributed by atoms with Gasteiger partial charge in [-0.3, -0.25) is 4.79 Å². The van der Waals surface area contributed by atoms with Crippen molar-refractivity contribution in [2.75, 3.05) is 32.7 Å². The van der Waals surface area contributed by atoms with Crippen LogP contribution in [0.2, 0.25) is 0 Å². The molecule has 0 aliphatic carbocycles. The molecule has 1 heterocycles. The molecular weight excluding hydrogens is 283 g/mol. The summed E-state index contributed by atoms with van der Waals surface area (Å²) in [6.45, 7) is 9.97. The first-order chi connectivity index (χ1) is 10.6. The summed E-state index contributed by atoms with van der Waals surface area (Å²) in [5, 5.41) is 0. The van der Waals surface area contributed by atoms with Gasteiger partial charge in [0, 0.05) is 0 Å². The number of halogens is 1. The first-order valence-corrected chi connectivity index (χ1v) is 7.79. The Labute approximate surface area is 131 Å². The Hall–Kier alpha value is -1.88. The van der Waals surface area contributed by atoms with E-state index in [1.165, 1.54) is 17.0 Å². The third-order valence-corrected chi connectivity index (χ3v) is 3.95. The van der Waals surface area contributed by atoms with E-state index in [1.54, 1.807) is 12.1 Å². The Balaban J connectivity index is 1.91. The molecule has 1 fully saturated rings. The van der Waals surface area contributed by atoms with Crippen molar-refractivity contribution in [3.05, 3.63) is 42.7 Å². The van der Waals surface area contributed by atoms with Crippen molar-refractivity contribution in [1.29, 1.82) is 0 Å². The van der Waals surface area contributed by atoms with E-state index in [0.717, 1.165) is 32.7 Å². The van der Waals surface area contributed by atoms with Crippen molar-refractivity contribution in [3.63, 3.8) is 0 Å². The van der Waals surface area contributed by atoms with Crippen LogP contribution in [-0.4, -0.2) is 49.6 Å². The Morgan fingerprint density at radius 2 is 2.05 bits per heavy atom. The van der Waals surface area contributed by atoms with Crippen molar-refractivity contribution in [2.45, 2.75) is 19.4 Å². The Morgan fingerprint density at radius 1 is 1.41 bits per heavy atom. The predicted octanol–water partition coefficient (Wildman–Crippen LogP) is 0.896. The van der Waals surface area contributed by atoms with Gasteiger partial charge in [0.1, 0.15) is 11.6 Å². The van der Waals surface area contributed by atoms with E-state index in [-0.39, 0.29) is 11.7 Å². The zero-order valence-corrected chi connectivity index (χ0v) is 13.1. The number of nitrogens with zero attached hydrogens (tertiary/aromatic N) is 1. The summed E-state index contributed by atoms with van der Waals surface area (Å²) in [5.41, 5.74) is 0. The quantitative estimate of drug-likeness (QED) is 0.792. The van der Waals surface area contributed by atoms with Gasteiger partial charge in [-0.25, -0.2) is 4.39 Å². The first kappa shape index (κ1) is 16.5. The van der Waals surface area contributed by atoms with Crippen LogP contribution in [0.1, 0.15) is 13.3 Å². The van der Waals surface area contributed by atoms with E-state index in [4.69, 9.17) is 4.74 Å². The van der Waals surface area contributed by atoms with Gasteiger partial charge in [0.05, 0.1) is 32.7 Å². The van der Waals surface area contributed by atoms with Crippen LogP contribution < -0.4 is 9.64 Å². The van der Waals surface area contributed by atoms with Gasteiger partial charge < -0.3 is 14.5 Å². The van der Waals surface area contributed by atoms with Crippen LogP contribution in [0, 0.1) is 5.82 Å². The lowest BCUT2D eigenvalue weighted by molar-refractivity contribution is -0.898. The Bertz CT molecular complexity index is 496. The summed E-state index contributed by atoms with van der Waals surface area (Å²) in [6.07, 6.45) is 2.00. The fourth-order valence-corrected chi connectivity index (χ4v) is 2.64. The first-order valence-electron chi connectivity index (χ1n) is 7.79. The smallest absolute Gasteiger partial charge is 0.264 e. The van der Waals surface area contributed by atoms with E-state index in [0.29, 0.717) is 12.2 Å². The van der Waals surface area contributed by atoms with Gasteiger partial charge in [0.25, 0.3) is 5.91 Å². The number of carbonyl (C=O) groups excluding carboxylic acids is 1. The summed E-state index contributed by atoms with van der Waals surface area (Å²) in [4.78, 5) is 15.9. The Morgan fingerprint density at radius 3 is 2.59 bits per heavy atom. The summed E-state index contributed by atoms with van der Waals surface area (Å²) < 4.78 is 18.6. The molecule has 0 aromatic heterocycles. The minimum Gasteiger partial charge on any atom is -0.481 e. The molecule has 120 valence electrons. The highest BCUT2D eigenvalue weighted by molar-refractivity contribution is 5.81. The van der Waals surface area contributed by atoms with Crippen molar-refractivity contribution in [1.82, 2.24) is 4.90 Å². The zero-order valence-electron chi connectivity index (χ0n) is 13.1. The number of hydrogen-bond donors (Lipinski definition) is 1. The van der Waals surface area contributed by atoms with Gasteiger partial charge >= 0.3 is 0 Å². The highest BCUT2D eigenvalue weighted by Crippen LogP contribution is 2.15. The number of hydrogen-bond acceptors (Lipinski definition) is 2.